The van der Waals surface area contributed by atoms with Crippen molar-refractivity contribution < 1.29 is 68.1 Å². The van der Waals surface area contributed by atoms with Crippen molar-refractivity contribution in [3.63, 3.8) is 0 Å². The number of aryl methyl sites for hydroxylation is 2. The van der Waals surface area contributed by atoms with Crippen molar-refractivity contribution in [2.75, 3.05) is 28.4 Å². The van der Waals surface area contributed by atoms with Crippen LogP contribution in [-0.4, -0.2) is 127 Å². The number of hydrazone groups is 4. The Bertz CT molecular complexity index is 6960. The van der Waals surface area contributed by atoms with E-state index in [0.717, 1.165) is 50.3 Å². The highest BCUT2D eigenvalue weighted by molar-refractivity contribution is 7.80. The van der Waals surface area contributed by atoms with E-state index in [2.05, 4.69) is 42.1 Å². The van der Waals surface area contributed by atoms with Crippen LogP contribution in [0.1, 0.15) is 151 Å². The van der Waals surface area contributed by atoms with Crippen LogP contribution in [0.15, 0.2) is 384 Å². The number of hydrogen-bond acceptors (Lipinski definition) is 22. The first-order valence-electron chi connectivity index (χ1n) is 42.6. The maximum absolute atomic E-state index is 12.9. The second-order valence-electron chi connectivity index (χ2n) is 30.5. The molecule has 15 aromatic rings. The fraction of sp³-hybridized carbons (Fsp3) is 0.0545. The van der Waals surface area contributed by atoms with Crippen molar-refractivity contribution in [3.8, 4) is 46.0 Å². The average Bonchev–Trinajstić information content (AvgIpc) is 0.823. The third-order valence-electron chi connectivity index (χ3n) is 20.7. The molecule has 0 amide bonds. The number of rotatable bonds is 28. The van der Waals surface area contributed by atoms with Crippen molar-refractivity contribution in [2.45, 2.75) is 13.8 Å². The number of ether oxygens (including phenoxy) is 4. The van der Waals surface area contributed by atoms with E-state index < -0.39 is 0 Å². The van der Waals surface area contributed by atoms with E-state index in [1.807, 2.05) is 135 Å². The first-order chi connectivity index (χ1) is 67.4. The molecule has 0 aliphatic heterocycles. The lowest BCUT2D eigenvalue weighted by Gasteiger charge is -2.12. The van der Waals surface area contributed by atoms with E-state index >= 15 is 0 Å². The monoisotopic (exact) mass is 1930 g/mol. The van der Waals surface area contributed by atoms with Gasteiger partial charge in [-0.05, 0) is 287 Å². The third-order valence-corrected chi connectivity index (χ3v) is 21.1. The van der Waals surface area contributed by atoms with Gasteiger partial charge in [-0.15, -0.1) is 0 Å². The lowest BCUT2D eigenvalue weighted by Crippen LogP contribution is -2.26. The van der Waals surface area contributed by atoms with Crippen molar-refractivity contribution >= 4 is 127 Å². The van der Waals surface area contributed by atoms with Gasteiger partial charge in [-0.3, -0.25) is 50.5 Å². The molecule has 0 atom stereocenters. The molecule has 0 bridgehead atoms. The minimum absolute atomic E-state index is 0.0307. The summed E-state index contributed by atoms with van der Waals surface area (Å²) in [6.45, 7) is 3.95. The number of aromatic hydroxyl groups is 4. The van der Waals surface area contributed by atoms with Crippen molar-refractivity contribution in [2.24, 2.45) is 43.3 Å². The van der Waals surface area contributed by atoms with E-state index in [-0.39, 0.29) is 78.1 Å². The smallest absolute Gasteiger partial charge is 0.193 e. The van der Waals surface area contributed by atoms with Crippen LogP contribution in [-0.2, 0) is 0 Å². The summed E-state index contributed by atoms with van der Waals surface area (Å²) >= 11 is 19.5. The van der Waals surface area contributed by atoms with Crippen molar-refractivity contribution in [1.82, 2.24) is 21.7 Å². The largest absolute Gasteiger partial charge is 0.508 e. The Labute approximate surface area is 829 Å². The van der Waals surface area contributed by atoms with Gasteiger partial charge in [-0.2, -0.15) is 20.4 Å². The van der Waals surface area contributed by atoms with Gasteiger partial charge in [-0.25, -0.2) is 0 Å². The third kappa shape index (κ3) is 29.6. The minimum atomic E-state index is -0.204. The predicted molar refractivity (Wildman–Crippen MR) is 562 cm³/mol. The quantitative estimate of drug-likeness (QED) is 0.00938. The van der Waals surface area contributed by atoms with Gasteiger partial charge in [0.2, 0.25) is 0 Å². The van der Waals surface area contributed by atoms with Crippen LogP contribution in [0.4, 0.5) is 0 Å². The van der Waals surface area contributed by atoms with E-state index in [0.29, 0.717) is 118 Å². The molecule has 15 aromatic carbocycles. The van der Waals surface area contributed by atoms with Crippen molar-refractivity contribution in [1.29, 1.82) is 0 Å². The summed E-state index contributed by atoms with van der Waals surface area (Å²) in [7, 11) is 6.34. The number of benzene rings is 15. The van der Waals surface area contributed by atoms with E-state index in [9.17, 15) is 49.2 Å². The Hall–Kier alpha value is -17.8. The molecule has 0 heterocycles. The van der Waals surface area contributed by atoms with Gasteiger partial charge in [0.05, 0.1) is 51.3 Å². The zero-order valence-electron chi connectivity index (χ0n) is 76.2. The minimum Gasteiger partial charge on any atom is -0.508 e. The van der Waals surface area contributed by atoms with Crippen LogP contribution >= 0.6 is 48.9 Å². The molecular formula is C110H94N12O14S4. The summed E-state index contributed by atoms with van der Waals surface area (Å²) in [6.07, 6.45) is 0. The molecular weight excluding hydrogens is 1840 g/mol. The van der Waals surface area contributed by atoms with Crippen LogP contribution < -0.4 is 63.6 Å². The Morgan fingerprint density at radius 3 is 0.536 bits per heavy atom. The van der Waals surface area contributed by atoms with Gasteiger partial charge in [0.25, 0.3) is 0 Å². The highest BCUT2D eigenvalue weighted by Crippen LogP contribution is 2.28. The summed E-state index contributed by atoms with van der Waals surface area (Å²) < 4.78 is 20.6. The topological polar surface area (TPSA) is 422 Å². The zero-order chi connectivity index (χ0) is 100. The number of phenols is 4. The number of ketones is 6. The number of thiocarbonyl (C=S) groups is 4. The summed E-state index contributed by atoms with van der Waals surface area (Å²) in [6, 6.07) is 104. The normalized spacial score (nSPS) is 10.9. The van der Waals surface area contributed by atoms with Crippen LogP contribution in [0.2, 0.25) is 0 Å². The molecule has 15 rings (SSSR count). The van der Waals surface area contributed by atoms with Gasteiger partial charge < -0.3 is 62.3 Å². The highest BCUT2D eigenvalue weighted by atomic mass is 32.1. The van der Waals surface area contributed by atoms with E-state index in [1.165, 1.54) is 24.3 Å². The number of nitrogens with one attached hydrogen (secondary N) is 4. The second kappa shape index (κ2) is 50.5. The number of phenolic OH excluding ortho intramolecular Hbond substituents is 4. The molecule has 0 saturated carbocycles. The van der Waals surface area contributed by atoms with E-state index in [1.54, 1.807) is 247 Å². The standard InChI is InChI=1S/C23H22N6O2S2.C22H19N3O3S.C22H19N3O2S.C22H18O3.C21H16O4/c1-31-19-11-7-15(8-12-19)21(27-29-23(25)33)17-4-2-3-16(13-17)20(26-28-22(24)32)14-5-9-18(30)10-6-14;1-28-19-11-7-14(8-12-19)20(24-25-22(23)29)16-3-2-4-17(13-16)21(27)15-5-9-18(26)10-6-15;1-14-5-7-16(8-6-14)21(27)18-4-2-3-17(13-18)20(24-25-22(23)28)15-9-11-19(26)12-10-15;1-15-6-8-16(9-7-15)21(23)18-4-3-5-19(14-18)22(24)17-10-12-20(25-2)13-11-17;1-25-19-11-7-15(8-12-19)21(24)17-4-2-3-16(13-17)20(23)14-5-9-18(22)10-6-14/h2-13,30H,1H3,(H3,24,28,32)(H3,25,29,33);2-13,26H,1H3,(H3,23,25,29);2-13,26H,1H3,(H3,23,25,28);3-14H,1-2H3;2-13,22H,1H3. The van der Waals surface area contributed by atoms with Crippen molar-refractivity contribution in [3.05, 3.63) is 486 Å². The van der Waals surface area contributed by atoms with Gasteiger partial charge in [0, 0.05) is 111 Å². The van der Waals surface area contributed by atoms with Gasteiger partial charge in [0.15, 0.2) is 55.1 Å². The van der Waals surface area contributed by atoms with Crippen LogP contribution in [0.25, 0.3) is 0 Å². The molecule has 26 nitrogen and oxygen atoms in total. The first-order valence-corrected chi connectivity index (χ1v) is 44.3. The van der Waals surface area contributed by atoms with Crippen LogP contribution in [0.3, 0.4) is 0 Å². The van der Waals surface area contributed by atoms with E-state index in [4.69, 9.17) is 90.8 Å². The summed E-state index contributed by atoms with van der Waals surface area (Å²) in [5, 5.41) is 55.5. The summed E-state index contributed by atoms with van der Waals surface area (Å²) in [4.78, 5) is 76.1. The Morgan fingerprint density at radius 1 is 0.214 bits per heavy atom. The molecule has 16 N–H and O–H groups in total. The highest BCUT2D eigenvalue weighted by Gasteiger charge is 2.22. The molecule has 0 fully saturated rings. The predicted octanol–water partition coefficient (Wildman–Crippen LogP) is 17.6. The Morgan fingerprint density at radius 2 is 0.357 bits per heavy atom. The molecule has 140 heavy (non-hydrogen) atoms. The molecule has 0 aliphatic rings. The molecule has 0 unspecified atom stereocenters. The average molecular weight is 1940 g/mol. The maximum Gasteiger partial charge on any atom is 0.193 e. The fourth-order valence-electron chi connectivity index (χ4n) is 13.5. The number of hydrogen-bond donors (Lipinski definition) is 12. The van der Waals surface area contributed by atoms with Crippen LogP contribution in [0.5, 0.6) is 46.0 Å². The lowest BCUT2D eigenvalue weighted by atomic mass is 9.96. The summed E-state index contributed by atoms with van der Waals surface area (Å²) in [5.74, 6) is 2.48. The molecule has 30 heteroatoms. The number of carbonyl (C=O) groups excluding carboxylic acids is 6. The number of carbonyl (C=O) groups is 6. The number of methoxy groups -OCH3 is 4. The molecule has 702 valence electrons. The fourth-order valence-corrected chi connectivity index (χ4v) is 13.7. The zero-order valence-corrected chi connectivity index (χ0v) is 79.5. The summed E-state index contributed by atoms with van der Waals surface area (Å²) in [5.41, 5.74) is 49.4. The molecule has 0 radical (unpaired) electrons. The molecule has 0 saturated heterocycles. The Kier molecular flexibility index (Phi) is 37.0. The van der Waals surface area contributed by atoms with Gasteiger partial charge >= 0.3 is 0 Å². The molecule has 0 spiro atoms. The SMILES string of the molecule is COc1ccc(C(=NNC(N)=S)c2cccc(C(=NNC(N)=S)c3ccc(O)cc3)c2)cc1.COc1ccc(C(=NNC(N)=S)c2cccc(C(=O)c3ccc(O)cc3)c2)cc1.COc1ccc(C(=O)c2cccc(C(=O)c3ccc(C)cc3)c2)cc1.COc1ccc(C(=O)c2cccc(C(=O)c3ccc(O)cc3)c2)cc1.Cc1ccc(C(=O)c2cccc(C(=NNC(N)=S)c3ccc(O)cc3)c2)cc1. The van der Waals surface area contributed by atoms with Gasteiger partial charge in [-0.1, -0.05) is 151 Å². The second-order valence-corrected chi connectivity index (χ2v) is 32.2. The molecule has 0 aliphatic carbocycles. The number of nitrogens with zero attached hydrogens (tertiary/aromatic N) is 4. The maximum atomic E-state index is 12.9. The first kappa shape index (κ1) is 103. The molecule has 0 aromatic heterocycles. The lowest BCUT2D eigenvalue weighted by molar-refractivity contribution is 0.102. The Balaban J connectivity index is 0.000000168. The van der Waals surface area contributed by atoms with Gasteiger partial charge in [0.1, 0.15) is 46.0 Å². The number of nitrogens with two attached hydrogens (primary N) is 4. The van der Waals surface area contributed by atoms with Crippen LogP contribution in [0, 0.1) is 13.8 Å².